The van der Waals surface area contributed by atoms with Crippen LogP contribution in [0.4, 0.5) is 0 Å². The van der Waals surface area contributed by atoms with E-state index in [9.17, 15) is 4.79 Å². The normalized spacial score (nSPS) is 16.6. The molecule has 1 aromatic carbocycles. The van der Waals surface area contributed by atoms with Crippen LogP contribution in [-0.2, 0) is 6.42 Å². The van der Waals surface area contributed by atoms with Crippen molar-refractivity contribution < 1.29 is 4.79 Å². The van der Waals surface area contributed by atoms with E-state index in [1.807, 2.05) is 24.3 Å². The van der Waals surface area contributed by atoms with Gasteiger partial charge in [0.25, 0.3) is 0 Å². The molecule has 0 fully saturated rings. The van der Waals surface area contributed by atoms with Crippen LogP contribution < -0.4 is 0 Å². The van der Waals surface area contributed by atoms with Gasteiger partial charge < -0.3 is 0 Å². The van der Waals surface area contributed by atoms with Gasteiger partial charge in [-0.2, -0.15) is 0 Å². The predicted octanol–water partition coefficient (Wildman–Crippen LogP) is 3.75. The van der Waals surface area contributed by atoms with Crippen molar-refractivity contribution in [3.05, 3.63) is 54.0 Å². The number of carbonyl (C=O) groups is 1. The molecule has 0 heterocycles. The van der Waals surface area contributed by atoms with E-state index in [1.54, 1.807) is 0 Å². The molecule has 1 aliphatic carbocycles. The summed E-state index contributed by atoms with van der Waals surface area (Å²) in [5.74, 6) is 1.66. The van der Waals surface area contributed by atoms with E-state index in [0.29, 0.717) is 6.42 Å². The molecular formula is C15H17O. The largest absolute Gasteiger partial charge is 0.294 e. The van der Waals surface area contributed by atoms with E-state index < -0.39 is 0 Å². The van der Waals surface area contributed by atoms with Crippen molar-refractivity contribution in [1.82, 2.24) is 0 Å². The smallest absolute Gasteiger partial charge is 0.163 e. The third kappa shape index (κ3) is 2.41. The van der Waals surface area contributed by atoms with Crippen LogP contribution in [0.25, 0.3) is 0 Å². The molecule has 0 aliphatic heterocycles. The highest BCUT2D eigenvalue weighted by atomic mass is 16.1. The first-order valence-corrected chi connectivity index (χ1v) is 5.87. The van der Waals surface area contributed by atoms with Crippen LogP contribution in [0, 0.1) is 5.92 Å². The molecular weight excluding hydrogens is 196 g/mol. The Morgan fingerprint density at radius 3 is 2.88 bits per heavy atom. The summed E-state index contributed by atoms with van der Waals surface area (Å²) in [7, 11) is 0. The molecule has 1 aromatic rings. The molecule has 0 N–H and O–H groups in total. The molecule has 0 amide bonds. The number of aryl methyl sites for hydroxylation is 1. The Morgan fingerprint density at radius 1 is 1.25 bits per heavy atom. The summed E-state index contributed by atoms with van der Waals surface area (Å²) < 4.78 is 0. The maximum Gasteiger partial charge on any atom is 0.163 e. The van der Waals surface area contributed by atoms with Gasteiger partial charge in [0.05, 0.1) is 0 Å². The summed E-state index contributed by atoms with van der Waals surface area (Å²) in [4.78, 5) is 12.0. The first kappa shape index (κ1) is 11.1. The number of Topliss-reactive ketones (excluding diaryl/α,β-unsaturated/α-hetero) is 1. The molecule has 1 radical (unpaired) electrons. The predicted molar refractivity (Wildman–Crippen MR) is 66.4 cm³/mol. The Bertz CT molecular complexity index is 392. The van der Waals surface area contributed by atoms with Crippen LogP contribution >= 0.6 is 0 Å². The van der Waals surface area contributed by atoms with Crippen LogP contribution in [0.15, 0.2) is 36.9 Å². The third-order valence-electron chi connectivity index (χ3n) is 3.18. The monoisotopic (exact) mass is 213 g/mol. The highest BCUT2D eigenvalue weighted by Gasteiger charge is 2.21. The summed E-state index contributed by atoms with van der Waals surface area (Å²) in [5.41, 5.74) is 2.14. The lowest BCUT2D eigenvalue weighted by Gasteiger charge is -2.10. The van der Waals surface area contributed by atoms with Gasteiger partial charge in [0.2, 0.25) is 0 Å². The summed E-state index contributed by atoms with van der Waals surface area (Å²) in [6.07, 6.45) is 6.62. The van der Waals surface area contributed by atoms with Gasteiger partial charge in [-0.3, -0.25) is 4.79 Å². The Morgan fingerprint density at radius 2 is 2.06 bits per heavy atom. The van der Waals surface area contributed by atoms with Gasteiger partial charge in [0.15, 0.2) is 5.78 Å². The Labute approximate surface area is 97.2 Å². The van der Waals surface area contributed by atoms with Gasteiger partial charge in [0, 0.05) is 12.0 Å². The van der Waals surface area contributed by atoms with E-state index in [4.69, 9.17) is 0 Å². The Balaban J connectivity index is 2.13. The lowest BCUT2D eigenvalue weighted by atomic mass is 9.94. The molecule has 1 nitrogen and oxygen atoms in total. The standard InChI is InChI=1S/C15H17O/c1-2-3-6-12-9-10-13-7-4-5-8-14(13)15(16)11-12/h2,4-5,7-8H,1,3,6,9-11H2. The molecule has 0 saturated heterocycles. The van der Waals surface area contributed by atoms with Gasteiger partial charge >= 0.3 is 0 Å². The van der Waals surface area contributed by atoms with Crippen LogP contribution in [0.1, 0.15) is 41.6 Å². The average molecular weight is 213 g/mol. The Hall–Kier alpha value is -1.37. The minimum absolute atomic E-state index is 0.284. The van der Waals surface area contributed by atoms with Gasteiger partial charge in [-0.15, -0.1) is 6.58 Å². The first-order chi connectivity index (χ1) is 7.81. The second-order valence-corrected chi connectivity index (χ2v) is 4.33. The van der Waals surface area contributed by atoms with Crippen molar-refractivity contribution in [1.29, 1.82) is 0 Å². The second-order valence-electron chi connectivity index (χ2n) is 4.33. The highest BCUT2D eigenvalue weighted by Crippen LogP contribution is 2.28. The Kier molecular flexibility index (Phi) is 3.55. The number of benzene rings is 1. The minimum Gasteiger partial charge on any atom is -0.294 e. The number of hydrogen-bond donors (Lipinski definition) is 0. The second kappa shape index (κ2) is 5.11. The summed E-state index contributed by atoms with van der Waals surface area (Å²) in [6.45, 7) is 3.73. The number of hydrogen-bond acceptors (Lipinski definition) is 1. The van der Waals surface area contributed by atoms with E-state index in [2.05, 4.69) is 12.6 Å². The first-order valence-electron chi connectivity index (χ1n) is 5.87. The quantitative estimate of drug-likeness (QED) is 0.552. The van der Waals surface area contributed by atoms with Crippen molar-refractivity contribution in [2.24, 2.45) is 0 Å². The number of carbonyl (C=O) groups excluding carboxylic acids is 1. The maximum absolute atomic E-state index is 12.0. The van der Waals surface area contributed by atoms with Crippen molar-refractivity contribution >= 4 is 5.78 Å². The lowest BCUT2D eigenvalue weighted by molar-refractivity contribution is 0.0986. The molecule has 0 saturated carbocycles. The number of fused-ring (bicyclic) bond motifs is 1. The molecule has 0 bridgehead atoms. The van der Waals surface area contributed by atoms with Gasteiger partial charge in [-0.1, -0.05) is 30.3 Å². The average Bonchev–Trinajstić information content (AvgIpc) is 2.47. The molecule has 16 heavy (non-hydrogen) atoms. The van der Waals surface area contributed by atoms with Crippen molar-refractivity contribution in [3.63, 3.8) is 0 Å². The van der Waals surface area contributed by atoms with E-state index in [1.165, 1.54) is 11.5 Å². The van der Waals surface area contributed by atoms with E-state index >= 15 is 0 Å². The summed E-state index contributed by atoms with van der Waals surface area (Å²) >= 11 is 0. The molecule has 0 atom stereocenters. The van der Waals surface area contributed by atoms with Crippen LogP contribution in [0.3, 0.4) is 0 Å². The number of allylic oxidation sites excluding steroid dienone is 1. The highest BCUT2D eigenvalue weighted by molar-refractivity contribution is 5.99. The number of ketones is 1. The maximum atomic E-state index is 12.0. The molecule has 2 rings (SSSR count). The number of rotatable bonds is 3. The van der Waals surface area contributed by atoms with E-state index in [-0.39, 0.29) is 5.78 Å². The SMILES string of the molecule is C=CCC[C]1CCc2ccccc2C(=O)C1. The van der Waals surface area contributed by atoms with E-state index in [0.717, 1.165) is 31.2 Å². The van der Waals surface area contributed by atoms with Gasteiger partial charge in [-0.05, 0) is 37.2 Å². The fourth-order valence-corrected chi connectivity index (χ4v) is 2.25. The van der Waals surface area contributed by atoms with Crippen molar-refractivity contribution in [2.75, 3.05) is 0 Å². The zero-order valence-corrected chi connectivity index (χ0v) is 9.54. The summed E-state index contributed by atoms with van der Waals surface area (Å²) in [6, 6.07) is 7.99. The fourth-order valence-electron chi connectivity index (χ4n) is 2.25. The van der Waals surface area contributed by atoms with Gasteiger partial charge in [-0.25, -0.2) is 0 Å². The van der Waals surface area contributed by atoms with Gasteiger partial charge in [0.1, 0.15) is 0 Å². The summed E-state index contributed by atoms with van der Waals surface area (Å²) in [5, 5.41) is 0. The minimum atomic E-state index is 0.284. The molecule has 83 valence electrons. The van der Waals surface area contributed by atoms with Crippen LogP contribution in [0.5, 0.6) is 0 Å². The van der Waals surface area contributed by atoms with Crippen molar-refractivity contribution in [2.45, 2.75) is 32.1 Å². The molecule has 0 unspecified atom stereocenters. The molecule has 0 aromatic heterocycles. The molecule has 1 aliphatic rings. The fraction of sp³-hybridized carbons (Fsp3) is 0.333. The van der Waals surface area contributed by atoms with Crippen molar-refractivity contribution in [3.8, 4) is 0 Å². The zero-order chi connectivity index (χ0) is 11.4. The van der Waals surface area contributed by atoms with Crippen LogP contribution in [-0.4, -0.2) is 5.78 Å². The third-order valence-corrected chi connectivity index (χ3v) is 3.18. The topological polar surface area (TPSA) is 17.1 Å². The molecule has 1 heteroatoms. The molecule has 0 spiro atoms. The lowest BCUT2D eigenvalue weighted by Crippen LogP contribution is -2.04. The zero-order valence-electron chi connectivity index (χ0n) is 9.54. The van der Waals surface area contributed by atoms with Crippen LogP contribution in [0.2, 0.25) is 0 Å².